The van der Waals surface area contributed by atoms with Crippen LogP contribution in [0, 0.1) is 0 Å². The van der Waals surface area contributed by atoms with Gasteiger partial charge in [-0.15, -0.1) is 0 Å². The number of nitrogens with zero attached hydrogens (tertiary/aromatic N) is 1. The van der Waals surface area contributed by atoms with Gasteiger partial charge in [-0.3, -0.25) is 4.79 Å². The molecule has 0 spiro atoms. The number of likely N-dealkylation sites (tertiary alicyclic amines) is 1. The van der Waals surface area contributed by atoms with Crippen molar-refractivity contribution in [2.45, 2.75) is 58.0 Å². The predicted octanol–water partition coefficient (Wildman–Crippen LogP) is 1.10. The zero-order valence-corrected chi connectivity index (χ0v) is 11.2. The lowest BCUT2D eigenvalue weighted by atomic mass is 10.0. The molecule has 2 unspecified atom stereocenters. The van der Waals surface area contributed by atoms with E-state index in [-0.39, 0.29) is 11.9 Å². The van der Waals surface area contributed by atoms with Gasteiger partial charge in [-0.2, -0.15) is 0 Å². The Morgan fingerprint density at radius 1 is 1.53 bits per heavy atom. The summed E-state index contributed by atoms with van der Waals surface area (Å²) in [5.74, 6) is -0.237. The Morgan fingerprint density at radius 3 is 2.88 bits per heavy atom. The monoisotopic (exact) mass is 241 g/mol. The topological polar surface area (TPSA) is 58.4 Å². The van der Waals surface area contributed by atoms with E-state index in [1.54, 1.807) is 0 Å². The zero-order chi connectivity index (χ0) is 12.7. The number of nitrogens with two attached hydrogens (primary N) is 1. The Hall–Kier alpha value is -0.610. The fourth-order valence-corrected chi connectivity index (χ4v) is 2.49. The summed E-state index contributed by atoms with van der Waals surface area (Å²) in [6.07, 6.45) is 5.89. The highest BCUT2D eigenvalue weighted by Gasteiger charge is 2.17. The van der Waals surface area contributed by atoms with Crippen molar-refractivity contribution in [3.8, 4) is 0 Å². The summed E-state index contributed by atoms with van der Waals surface area (Å²) in [7, 11) is 0. The Morgan fingerprint density at radius 2 is 2.29 bits per heavy atom. The molecule has 1 rings (SSSR count). The molecule has 0 aromatic rings. The van der Waals surface area contributed by atoms with Crippen LogP contribution in [-0.4, -0.2) is 42.5 Å². The quantitative estimate of drug-likeness (QED) is 0.656. The molecule has 1 amide bonds. The highest BCUT2D eigenvalue weighted by atomic mass is 16.1. The summed E-state index contributed by atoms with van der Waals surface area (Å²) in [5, 5.41) is 3.22. The molecular formula is C13H27N3O. The van der Waals surface area contributed by atoms with Gasteiger partial charge in [0.15, 0.2) is 0 Å². The van der Waals surface area contributed by atoms with Gasteiger partial charge in [0.25, 0.3) is 0 Å². The van der Waals surface area contributed by atoms with Gasteiger partial charge in [-0.1, -0.05) is 13.3 Å². The first-order valence-corrected chi connectivity index (χ1v) is 6.92. The number of piperidine rings is 1. The van der Waals surface area contributed by atoms with Crippen LogP contribution in [0.2, 0.25) is 0 Å². The SMILES string of the molecule is CCC(NCCCN1CCCCC1C)C(N)=O. The van der Waals surface area contributed by atoms with Crippen molar-refractivity contribution < 1.29 is 4.79 Å². The maximum atomic E-state index is 11.0. The van der Waals surface area contributed by atoms with E-state index in [0.717, 1.165) is 32.0 Å². The van der Waals surface area contributed by atoms with Crippen LogP contribution in [-0.2, 0) is 4.79 Å². The summed E-state index contributed by atoms with van der Waals surface area (Å²) >= 11 is 0. The number of rotatable bonds is 7. The zero-order valence-electron chi connectivity index (χ0n) is 11.2. The molecule has 3 N–H and O–H groups in total. The third-order valence-corrected chi connectivity index (χ3v) is 3.71. The third kappa shape index (κ3) is 5.04. The van der Waals surface area contributed by atoms with Gasteiger partial charge in [0.1, 0.15) is 0 Å². The van der Waals surface area contributed by atoms with Crippen LogP contribution in [0.1, 0.15) is 46.0 Å². The lowest BCUT2D eigenvalue weighted by Crippen LogP contribution is -2.43. The van der Waals surface area contributed by atoms with Crippen molar-refractivity contribution >= 4 is 5.91 Å². The minimum atomic E-state index is -0.237. The molecule has 17 heavy (non-hydrogen) atoms. The van der Waals surface area contributed by atoms with E-state index in [1.165, 1.54) is 25.8 Å². The normalized spacial score (nSPS) is 23.5. The van der Waals surface area contributed by atoms with Crippen molar-refractivity contribution in [1.82, 2.24) is 10.2 Å². The van der Waals surface area contributed by atoms with Crippen LogP contribution in [0.5, 0.6) is 0 Å². The van der Waals surface area contributed by atoms with Crippen molar-refractivity contribution in [1.29, 1.82) is 0 Å². The Labute approximate surface area is 105 Å². The average molecular weight is 241 g/mol. The van der Waals surface area contributed by atoms with Crippen molar-refractivity contribution in [3.63, 3.8) is 0 Å². The van der Waals surface area contributed by atoms with Crippen LogP contribution < -0.4 is 11.1 Å². The molecule has 1 saturated heterocycles. The molecule has 4 heteroatoms. The molecule has 0 aromatic carbocycles. The average Bonchev–Trinajstić information content (AvgIpc) is 2.31. The van der Waals surface area contributed by atoms with Crippen LogP contribution >= 0.6 is 0 Å². The van der Waals surface area contributed by atoms with E-state index >= 15 is 0 Å². The van der Waals surface area contributed by atoms with Gasteiger partial charge in [0, 0.05) is 6.04 Å². The first-order valence-electron chi connectivity index (χ1n) is 6.92. The van der Waals surface area contributed by atoms with E-state index in [4.69, 9.17) is 5.73 Å². The Balaban J connectivity index is 2.12. The summed E-state index contributed by atoms with van der Waals surface area (Å²) in [4.78, 5) is 13.6. The highest BCUT2D eigenvalue weighted by molar-refractivity contribution is 5.79. The number of primary amides is 1. The van der Waals surface area contributed by atoms with Crippen molar-refractivity contribution in [2.24, 2.45) is 5.73 Å². The van der Waals surface area contributed by atoms with E-state index < -0.39 is 0 Å². The molecule has 1 aliphatic heterocycles. The maximum absolute atomic E-state index is 11.0. The van der Waals surface area contributed by atoms with Crippen molar-refractivity contribution in [2.75, 3.05) is 19.6 Å². The smallest absolute Gasteiger partial charge is 0.234 e. The van der Waals surface area contributed by atoms with Crippen LogP contribution in [0.4, 0.5) is 0 Å². The number of hydrogen-bond acceptors (Lipinski definition) is 3. The molecular weight excluding hydrogens is 214 g/mol. The second-order valence-corrected chi connectivity index (χ2v) is 5.05. The molecule has 100 valence electrons. The number of hydrogen-bond donors (Lipinski definition) is 2. The first-order chi connectivity index (χ1) is 8.15. The predicted molar refractivity (Wildman–Crippen MR) is 70.8 cm³/mol. The minimum Gasteiger partial charge on any atom is -0.368 e. The Bertz CT molecular complexity index is 233. The van der Waals surface area contributed by atoms with E-state index in [9.17, 15) is 4.79 Å². The maximum Gasteiger partial charge on any atom is 0.234 e. The summed E-state index contributed by atoms with van der Waals surface area (Å²) in [6.45, 7) is 7.53. The first kappa shape index (κ1) is 14.5. The summed E-state index contributed by atoms with van der Waals surface area (Å²) in [5.41, 5.74) is 5.28. The number of carbonyl (C=O) groups excluding carboxylic acids is 1. The standard InChI is InChI=1S/C13H27N3O/c1-3-12(13(14)17)15-8-6-10-16-9-5-4-7-11(16)2/h11-12,15H,3-10H2,1-2H3,(H2,14,17). The highest BCUT2D eigenvalue weighted by Crippen LogP contribution is 2.15. The molecule has 0 radical (unpaired) electrons. The summed E-state index contributed by atoms with van der Waals surface area (Å²) in [6, 6.07) is 0.565. The second-order valence-electron chi connectivity index (χ2n) is 5.05. The molecule has 0 bridgehead atoms. The molecule has 1 heterocycles. The molecule has 0 saturated carbocycles. The largest absolute Gasteiger partial charge is 0.368 e. The minimum absolute atomic E-state index is 0.159. The van der Waals surface area contributed by atoms with Gasteiger partial charge in [-0.05, 0) is 52.2 Å². The van der Waals surface area contributed by atoms with Crippen LogP contribution in [0.15, 0.2) is 0 Å². The van der Waals surface area contributed by atoms with Crippen molar-refractivity contribution in [3.05, 3.63) is 0 Å². The third-order valence-electron chi connectivity index (χ3n) is 3.71. The van der Waals surface area contributed by atoms with Gasteiger partial charge in [-0.25, -0.2) is 0 Å². The number of carbonyl (C=O) groups is 1. The van der Waals surface area contributed by atoms with Gasteiger partial charge >= 0.3 is 0 Å². The number of amides is 1. The molecule has 0 aromatic heterocycles. The lowest BCUT2D eigenvalue weighted by molar-refractivity contribution is -0.120. The molecule has 0 aliphatic carbocycles. The molecule has 1 fully saturated rings. The van der Waals surface area contributed by atoms with Gasteiger partial charge < -0.3 is 16.0 Å². The van der Waals surface area contributed by atoms with Crippen LogP contribution in [0.25, 0.3) is 0 Å². The van der Waals surface area contributed by atoms with Crippen LogP contribution in [0.3, 0.4) is 0 Å². The van der Waals surface area contributed by atoms with E-state index in [0.29, 0.717) is 0 Å². The Kier molecular flexibility index (Phi) is 6.52. The summed E-state index contributed by atoms with van der Waals surface area (Å²) < 4.78 is 0. The lowest BCUT2D eigenvalue weighted by Gasteiger charge is -2.33. The fourth-order valence-electron chi connectivity index (χ4n) is 2.49. The van der Waals surface area contributed by atoms with E-state index in [2.05, 4.69) is 17.1 Å². The molecule has 4 nitrogen and oxygen atoms in total. The van der Waals surface area contributed by atoms with E-state index in [1.807, 2.05) is 6.92 Å². The molecule has 2 atom stereocenters. The molecule has 1 aliphatic rings. The number of nitrogens with one attached hydrogen (secondary N) is 1. The fraction of sp³-hybridized carbons (Fsp3) is 0.923. The van der Waals surface area contributed by atoms with Gasteiger partial charge in [0.2, 0.25) is 5.91 Å². The van der Waals surface area contributed by atoms with Gasteiger partial charge in [0.05, 0.1) is 6.04 Å². The second kappa shape index (κ2) is 7.67.